The molecule has 5 N–H and O–H groups in total. The molecule has 1 aliphatic rings. The molecule has 6 atom stereocenters. The highest BCUT2D eigenvalue weighted by Gasteiger charge is 2.48. The van der Waals surface area contributed by atoms with E-state index in [1.54, 1.807) is 0 Å². The number of hydrogen-bond donors (Lipinski definition) is 5. The Morgan fingerprint density at radius 1 is 0.810 bits per heavy atom. The maximum atomic E-state index is 10.0. The number of aliphatic hydroxyl groups excluding tert-OH is 4. The van der Waals surface area contributed by atoms with Crippen molar-refractivity contribution in [3.63, 3.8) is 0 Å². The molecule has 0 radical (unpaired) electrons. The zero-order valence-electron chi connectivity index (χ0n) is 13.1. The van der Waals surface area contributed by atoms with Crippen molar-refractivity contribution in [1.29, 1.82) is 0 Å². The molecule has 0 aromatic rings. The Bertz CT molecular complexity index is 279. The van der Waals surface area contributed by atoms with Gasteiger partial charge in [0.25, 0.3) is 0 Å². The first-order valence-electron chi connectivity index (χ1n) is 8.03. The normalized spacial score (nSPS) is 36.9. The van der Waals surface area contributed by atoms with E-state index >= 15 is 0 Å². The average molecular weight is 305 g/mol. The molecular weight excluding hydrogens is 274 g/mol. The molecule has 1 fully saturated rings. The lowest BCUT2D eigenvalue weighted by Crippen LogP contribution is -2.68. The molecule has 126 valence electrons. The van der Waals surface area contributed by atoms with Gasteiger partial charge in [0.15, 0.2) is 0 Å². The quantitative estimate of drug-likeness (QED) is 0.377. The Labute approximate surface area is 127 Å². The smallest absolute Gasteiger partial charge is 0.111 e. The van der Waals surface area contributed by atoms with E-state index in [1.165, 1.54) is 32.8 Å². The van der Waals surface area contributed by atoms with Gasteiger partial charge in [-0.1, -0.05) is 39.0 Å². The molecule has 1 saturated carbocycles. The highest BCUT2D eigenvalue weighted by molar-refractivity contribution is 5.02. The summed E-state index contributed by atoms with van der Waals surface area (Å²) in [5.41, 5.74) is 0. The number of methoxy groups -OCH3 is 1. The Morgan fingerprint density at radius 3 is 2.00 bits per heavy atom. The third kappa shape index (κ3) is 5.16. The Balaban J connectivity index is 2.36. The van der Waals surface area contributed by atoms with Crippen LogP contribution in [0.5, 0.6) is 0 Å². The fraction of sp³-hybridized carbons (Fsp3) is 1.00. The largest absolute Gasteiger partial charge is 0.389 e. The fourth-order valence-electron chi connectivity index (χ4n) is 2.91. The lowest BCUT2D eigenvalue weighted by molar-refractivity contribution is -0.197. The Kier molecular flexibility index (Phi) is 8.70. The van der Waals surface area contributed by atoms with Gasteiger partial charge in [0, 0.05) is 7.11 Å². The van der Waals surface area contributed by atoms with Crippen molar-refractivity contribution >= 4 is 0 Å². The SMILES string of the molecule is CCCCCCCCN[C@H]1[C@H](O)[C@@H](O)[C@H](O)[C@@H](O)[C@@H]1OC. The zero-order valence-corrected chi connectivity index (χ0v) is 13.1. The summed E-state index contributed by atoms with van der Waals surface area (Å²) in [6.45, 7) is 2.87. The summed E-state index contributed by atoms with van der Waals surface area (Å²) in [5.74, 6) is 0. The predicted octanol–water partition coefficient (Wildman–Crippen LogP) is -0.223. The highest BCUT2D eigenvalue weighted by atomic mass is 16.5. The monoisotopic (exact) mass is 305 g/mol. The van der Waals surface area contributed by atoms with E-state index < -0.39 is 36.6 Å². The van der Waals surface area contributed by atoms with Crippen LogP contribution in [0.3, 0.4) is 0 Å². The van der Waals surface area contributed by atoms with E-state index in [2.05, 4.69) is 12.2 Å². The zero-order chi connectivity index (χ0) is 15.8. The summed E-state index contributed by atoms with van der Waals surface area (Å²) < 4.78 is 5.17. The number of hydrogen-bond acceptors (Lipinski definition) is 6. The number of unbranched alkanes of at least 4 members (excludes halogenated alkanes) is 5. The first-order valence-corrected chi connectivity index (χ1v) is 8.03. The van der Waals surface area contributed by atoms with E-state index in [4.69, 9.17) is 4.74 Å². The molecule has 0 unspecified atom stereocenters. The molecule has 0 spiro atoms. The van der Waals surface area contributed by atoms with Gasteiger partial charge in [0.05, 0.1) is 6.04 Å². The van der Waals surface area contributed by atoms with Crippen molar-refractivity contribution in [2.24, 2.45) is 0 Å². The van der Waals surface area contributed by atoms with E-state index in [9.17, 15) is 20.4 Å². The summed E-state index contributed by atoms with van der Waals surface area (Å²) in [6.07, 6.45) is 1.14. The first kappa shape index (κ1) is 18.8. The maximum Gasteiger partial charge on any atom is 0.111 e. The molecule has 1 aliphatic carbocycles. The molecule has 0 heterocycles. The van der Waals surface area contributed by atoms with Gasteiger partial charge in [0.2, 0.25) is 0 Å². The minimum Gasteiger partial charge on any atom is -0.389 e. The van der Waals surface area contributed by atoms with Gasteiger partial charge in [-0.25, -0.2) is 0 Å². The second kappa shape index (κ2) is 9.71. The molecule has 0 aromatic heterocycles. The number of rotatable bonds is 9. The molecular formula is C15H31NO5. The van der Waals surface area contributed by atoms with E-state index in [0.717, 1.165) is 12.8 Å². The lowest BCUT2D eigenvalue weighted by atomic mass is 9.83. The van der Waals surface area contributed by atoms with E-state index in [0.29, 0.717) is 6.54 Å². The Hall–Kier alpha value is -0.240. The second-order valence-corrected chi connectivity index (χ2v) is 5.91. The van der Waals surface area contributed by atoms with Crippen molar-refractivity contribution in [3.05, 3.63) is 0 Å². The minimum absolute atomic E-state index is 0.584. The average Bonchev–Trinajstić information content (AvgIpc) is 2.49. The van der Waals surface area contributed by atoms with Crippen molar-refractivity contribution in [2.45, 2.75) is 82.0 Å². The van der Waals surface area contributed by atoms with Crippen LogP contribution in [0.1, 0.15) is 45.4 Å². The van der Waals surface area contributed by atoms with Crippen molar-refractivity contribution in [3.8, 4) is 0 Å². The van der Waals surface area contributed by atoms with E-state index in [1.807, 2.05) is 0 Å². The van der Waals surface area contributed by atoms with Gasteiger partial charge in [-0.3, -0.25) is 0 Å². The summed E-state index contributed by atoms with van der Waals surface area (Å²) in [4.78, 5) is 0. The van der Waals surface area contributed by atoms with E-state index in [-0.39, 0.29) is 0 Å². The second-order valence-electron chi connectivity index (χ2n) is 5.91. The summed E-state index contributed by atoms with van der Waals surface area (Å²) in [7, 11) is 1.42. The van der Waals surface area contributed by atoms with Crippen LogP contribution in [0.25, 0.3) is 0 Å². The molecule has 21 heavy (non-hydrogen) atoms. The van der Waals surface area contributed by atoms with Crippen LogP contribution in [-0.2, 0) is 4.74 Å². The number of aliphatic hydroxyl groups is 4. The minimum atomic E-state index is -1.39. The van der Waals surface area contributed by atoms with Crippen LogP contribution in [0.15, 0.2) is 0 Å². The topological polar surface area (TPSA) is 102 Å². The summed E-state index contributed by atoms with van der Waals surface area (Å²) >= 11 is 0. The highest BCUT2D eigenvalue weighted by Crippen LogP contribution is 2.23. The van der Waals surface area contributed by atoms with Crippen LogP contribution in [0.4, 0.5) is 0 Å². The van der Waals surface area contributed by atoms with Gasteiger partial charge < -0.3 is 30.5 Å². The van der Waals surface area contributed by atoms with Crippen molar-refractivity contribution in [1.82, 2.24) is 5.32 Å². The predicted molar refractivity (Wildman–Crippen MR) is 80.0 cm³/mol. The molecule has 6 heteroatoms. The molecule has 1 rings (SSSR count). The first-order chi connectivity index (χ1) is 10.0. The fourth-order valence-corrected chi connectivity index (χ4v) is 2.91. The van der Waals surface area contributed by atoms with Gasteiger partial charge >= 0.3 is 0 Å². The third-order valence-corrected chi connectivity index (χ3v) is 4.29. The third-order valence-electron chi connectivity index (χ3n) is 4.29. The van der Waals surface area contributed by atoms with Crippen molar-refractivity contribution in [2.75, 3.05) is 13.7 Å². The standard InChI is InChI=1S/C15H31NO5/c1-3-4-5-6-7-8-9-16-10-11(17)12(18)13(19)14(20)15(10)21-2/h10-20H,3-9H2,1-2H3/t10-,11-,12+,13-,14+,15+/m0/s1. The van der Waals surface area contributed by atoms with Crippen molar-refractivity contribution < 1.29 is 25.2 Å². The molecule has 0 amide bonds. The van der Waals surface area contributed by atoms with Crippen LogP contribution >= 0.6 is 0 Å². The lowest BCUT2D eigenvalue weighted by Gasteiger charge is -2.43. The summed E-state index contributed by atoms with van der Waals surface area (Å²) in [6, 6.07) is -0.584. The molecule has 0 aromatic carbocycles. The van der Waals surface area contributed by atoms with Crippen LogP contribution < -0.4 is 5.32 Å². The van der Waals surface area contributed by atoms with Gasteiger partial charge in [-0.15, -0.1) is 0 Å². The molecule has 0 saturated heterocycles. The Morgan fingerprint density at radius 2 is 1.38 bits per heavy atom. The number of ether oxygens (including phenoxy) is 1. The van der Waals surface area contributed by atoms with Crippen LogP contribution in [0, 0.1) is 0 Å². The van der Waals surface area contributed by atoms with Crippen LogP contribution in [0.2, 0.25) is 0 Å². The van der Waals surface area contributed by atoms with Gasteiger partial charge in [0.1, 0.15) is 30.5 Å². The molecule has 6 nitrogen and oxygen atoms in total. The van der Waals surface area contributed by atoms with Crippen LogP contribution in [-0.4, -0.2) is 70.6 Å². The van der Waals surface area contributed by atoms with Gasteiger partial charge in [-0.05, 0) is 13.0 Å². The maximum absolute atomic E-state index is 10.0. The summed E-state index contributed by atoms with van der Waals surface area (Å²) in [5, 5.41) is 42.5. The molecule has 0 bridgehead atoms. The number of nitrogens with one attached hydrogen (secondary N) is 1. The molecule has 0 aliphatic heterocycles. The van der Waals surface area contributed by atoms with Gasteiger partial charge in [-0.2, -0.15) is 0 Å².